The molecule has 6 heteroatoms. The van der Waals surface area contributed by atoms with Gasteiger partial charge < -0.3 is 4.52 Å². The maximum absolute atomic E-state index is 12.8. The van der Waals surface area contributed by atoms with Crippen LogP contribution in [0.1, 0.15) is 46.0 Å². The van der Waals surface area contributed by atoms with Gasteiger partial charge in [0, 0.05) is 38.8 Å². The van der Waals surface area contributed by atoms with Crippen LogP contribution in [0.15, 0.2) is 33.4 Å². The lowest BCUT2D eigenvalue weighted by Crippen LogP contribution is -2.08. The zero-order valence-corrected chi connectivity index (χ0v) is 13.9. The summed E-state index contributed by atoms with van der Waals surface area (Å²) >= 11 is 3.39. The van der Waals surface area contributed by atoms with Gasteiger partial charge in [0.05, 0.1) is 11.8 Å². The molecule has 0 aliphatic heterocycles. The third-order valence-electron chi connectivity index (χ3n) is 3.46. The number of halogens is 1. The van der Waals surface area contributed by atoms with Crippen molar-refractivity contribution in [1.29, 1.82) is 0 Å². The van der Waals surface area contributed by atoms with Crippen LogP contribution in [0.5, 0.6) is 0 Å². The second-order valence-corrected chi connectivity index (χ2v) is 7.58. The lowest BCUT2D eigenvalue weighted by Gasteiger charge is -2.08. The summed E-state index contributed by atoms with van der Waals surface area (Å²) in [6.07, 6.45) is 5.21. The van der Waals surface area contributed by atoms with Crippen LogP contribution in [0.2, 0.25) is 0 Å². The summed E-state index contributed by atoms with van der Waals surface area (Å²) in [5.41, 5.74) is 1.87. The van der Waals surface area contributed by atoms with Gasteiger partial charge in [-0.25, -0.2) is 0 Å². The number of hydrogen-bond acceptors (Lipinski definition) is 4. The van der Waals surface area contributed by atoms with E-state index < -0.39 is 10.8 Å². The molecule has 1 fully saturated rings. The number of carbonyl (C=O) groups excluding carboxylic acids is 1. The van der Waals surface area contributed by atoms with Gasteiger partial charge in [-0.2, -0.15) is 0 Å². The number of rotatable bonds is 5. The van der Waals surface area contributed by atoms with E-state index >= 15 is 0 Å². The van der Waals surface area contributed by atoms with E-state index in [2.05, 4.69) is 21.1 Å². The number of benzene rings is 1. The fourth-order valence-corrected chi connectivity index (χ4v) is 3.41. The van der Waals surface area contributed by atoms with Gasteiger partial charge in [0.1, 0.15) is 0 Å². The second-order valence-electron chi connectivity index (χ2n) is 5.23. The van der Waals surface area contributed by atoms with Crippen LogP contribution in [-0.4, -0.2) is 21.4 Å². The van der Waals surface area contributed by atoms with Gasteiger partial charge in [-0.1, -0.05) is 21.1 Å². The first-order chi connectivity index (χ1) is 10.1. The van der Waals surface area contributed by atoms with Gasteiger partial charge in [0.2, 0.25) is 0 Å². The van der Waals surface area contributed by atoms with Crippen LogP contribution in [0.4, 0.5) is 0 Å². The van der Waals surface area contributed by atoms with Crippen molar-refractivity contribution in [3.8, 4) is 0 Å². The zero-order valence-electron chi connectivity index (χ0n) is 11.5. The third kappa shape index (κ3) is 3.16. The van der Waals surface area contributed by atoms with Crippen molar-refractivity contribution in [2.75, 3.05) is 6.26 Å². The molecule has 0 spiro atoms. The summed E-state index contributed by atoms with van der Waals surface area (Å²) in [5, 5.41) is 3.77. The molecule has 0 bridgehead atoms. The summed E-state index contributed by atoms with van der Waals surface area (Å²) in [5.74, 6) is 1.26. The Morgan fingerprint density at radius 3 is 2.86 bits per heavy atom. The molecule has 4 nitrogen and oxygen atoms in total. The highest BCUT2D eigenvalue weighted by atomic mass is 79.9. The highest BCUT2D eigenvalue weighted by molar-refractivity contribution is 9.10. The maximum atomic E-state index is 12.8. The van der Waals surface area contributed by atoms with Crippen LogP contribution in [-0.2, 0) is 16.6 Å². The van der Waals surface area contributed by atoms with Gasteiger partial charge in [-0.15, -0.1) is 0 Å². The Morgan fingerprint density at radius 2 is 2.19 bits per heavy atom. The van der Waals surface area contributed by atoms with Crippen molar-refractivity contribution in [2.45, 2.75) is 24.5 Å². The van der Waals surface area contributed by atoms with Gasteiger partial charge in [-0.05, 0) is 36.6 Å². The van der Waals surface area contributed by atoms with E-state index in [-0.39, 0.29) is 5.78 Å². The summed E-state index contributed by atoms with van der Waals surface area (Å²) in [6, 6.07) is 5.43. The summed E-state index contributed by atoms with van der Waals surface area (Å²) in [7, 11) is -1.01. The first-order valence-corrected chi connectivity index (χ1v) is 9.16. The smallest absolute Gasteiger partial charge is 0.198 e. The van der Waals surface area contributed by atoms with E-state index in [0.717, 1.165) is 22.9 Å². The van der Waals surface area contributed by atoms with Gasteiger partial charge in [0.25, 0.3) is 0 Å². The Balaban J connectivity index is 2.00. The largest absolute Gasteiger partial charge is 0.360 e. The highest BCUT2D eigenvalue weighted by Crippen LogP contribution is 2.42. The lowest BCUT2D eigenvalue weighted by atomic mass is 9.99. The quantitative estimate of drug-likeness (QED) is 0.759. The molecule has 1 aromatic heterocycles. The summed E-state index contributed by atoms with van der Waals surface area (Å²) in [4.78, 5) is 12.8. The molecule has 110 valence electrons. The molecule has 1 unspecified atom stereocenters. The molecule has 21 heavy (non-hydrogen) atoms. The molecule has 1 aliphatic carbocycles. The Kier molecular flexibility index (Phi) is 4.08. The number of hydrogen-bond donors (Lipinski definition) is 0. The van der Waals surface area contributed by atoms with Crippen molar-refractivity contribution in [2.24, 2.45) is 0 Å². The topological polar surface area (TPSA) is 60.2 Å². The zero-order chi connectivity index (χ0) is 15.0. The molecule has 2 aromatic rings. The van der Waals surface area contributed by atoms with Crippen molar-refractivity contribution in [1.82, 2.24) is 5.16 Å². The van der Waals surface area contributed by atoms with Crippen LogP contribution in [0.25, 0.3) is 0 Å². The Bertz CT molecular complexity index is 721. The Morgan fingerprint density at radius 1 is 1.43 bits per heavy atom. The van der Waals surface area contributed by atoms with Crippen molar-refractivity contribution in [3.63, 3.8) is 0 Å². The van der Waals surface area contributed by atoms with E-state index in [9.17, 15) is 9.00 Å². The first-order valence-electron chi connectivity index (χ1n) is 6.64. The monoisotopic (exact) mass is 367 g/mol. The molecule has 1 heterocycles. The average molecular weight is 368 g/mol. The lowest BCUT2D eigenvalue weighted by molar-refractivity contribution is 0.103. The van der Waals surface area contributed by atoms with E-state index in [0.29, 0.717) is 28.6 Å². The van der Waals surface area contributed by atoms with Crippen LogP contribution < -0.4 is 0 Å². The summed E-state index contributed by atoms with van der Waals surface area (Å²) < 4.78 is 17.6. The van der Waals surface area contributed by atoms with Crippen molar-refractivity contribution in [3.05, 3.63) is 51.3 Å². The predicted molar refractivity (Wildman–Crippen MR) is 83.8 cm³/mol. The first kappa shape index (κ1) is 14.7. The van der Waals surface area contributed by atoms with Gasteiger partial charge in [-0.3, -0.25) is 9.00 Å². The second kappa shape index (κ2) is 5.85. The maximum Gasteiger partial charge on any atom is 0.198 e. The molecule has 1 aliphatic rings. The molecule has 1 saturated carbocycles. The fourth-order valence-electron chi connectivity index (χ4n) is 2.33. The van der Waals surface area contributed by atoms with Crippen LogP contribution in [0, 0.1) is 0 Å². The van der Waals surface area contributed by atoms with E-state index in [1.165, 1.54) is 6.20 Å². The molecule has 0 radical (unpaired) electrons. The minimum absolute atomic E-state index is 0.105. The fraction of sp³-hybridized carbons (Fsp3) is 0.333. The highest BCUT2D eigenvalue weighted by Gasteiger charge is 2.33. The van der Waals surface area contributed by atoms with Crippen LogP contribution >= 0.6 is 15.9 Å². The predicted octanol–water partition coefficient (Wildman–Crippen LogP) is 3.42. The molecular formula is C15H14BrNO3S. The average Bonchev–Trinajstić information content (AvgIpc) is 3.15. The van der Waals surface area contributed by atoms with Crippen molar-refractivity contribution >= 4 is 32.5 Å². The molecule has 0 saturated heterocycles. The minimum atomic E-state index is -1.01. The molecule has 1 atom stereocenters. The molecular weight excluding hydrogens is 354 g/mol. The molecule has 3 rings (SSSR count). The van der Waals surface area contributed by atoms with Gasteiger partial charge >= 0.3 is 0 Å². The number of nitrogens with zero attached hydrogens (tertiary/aromatic N) is 1. The van der Waals surface area contributed by atoms with E-state index in [1.54, 1.807) is 12.3 Å². The molecule has 1 aromatic carbocycles. The molecule has 0 N–H and O–H groups in total. The molecule has 0 amide bonds. The third-order valence-corrected chi connectivity index (χ3v) is 4.67. The SMILES string of the molecule is CS(=O)Cc1cc(Br)ccc1C(=O)c1cnoc1C1CC1. The van der Waals surface area contributed by atoms with Gasteiger partial charge in [0.15, 0.2) is 11.5 Å². The Hall–Kier alpha value is -1.27. The summed E-state index contributed by atoms with van der Waals surface area (Å²) in [6.45, 7) is 0. The van der Waals surface area contributed by atoms with E-state index in [4.69, 9.17) is 4.52 Å². The van der Waals surface area contributed by atoms with Crippen LogP contribution in [0.3, 0.4) is 0 Å². The number of aromatic nitrogens is 1. The van der Waals surface area contributed by atoms with Crippen molar-refractivity contribution < 1.29 is 13.5 Å². The number of carbonyl (C=O) groups is 1. The standard InChI is InChI=1S/C15H14BrNO3S/c1-21(19)8-10-6-11(16)4-5-12(10)14(18)13-7-17-20-15(13)9-2-3-9/h4-7,9H,2-3,8H2,1H3. The normalized spacial score (nSPS) is 15.9. The minimum Gasteiger partial charge on any atom is -0.360 e. The Labute approximate surface area is 133 Å². The number of ketones is 1. The van der Waals surface area contributed by atoms with E-state index in [1.807, 2.05) is 12.1 Å².